The quantitative estimate of drug-likeness (QED) is 0.603. The molecular weight excluding hydrogens is 441 g/mol. The number of ether oxygens (including phenoxy) is 1. The van der Waals surface area contributed by atoms with Crippen LogP contribution < -0.4 is 0 Å². The zero-order valence-electron chi connectivity index (χ0n) is 17.1. The van der Waals surface area contributed by atoms with Crippen LogP contribution in [-0.4, -0.2) is 72.4 Å². The van der Waals surface area contributed by atoms with Gasteiger partial charge in [0, 0.05) is 35.8 Å². The predicted octanol–water partition coefficient (Wildman–Crippen LogP) is 2.91. The van der Waals surface area contributed by atoms with Crippen molar-refractivity contribution in [1.29, 1.82) is 0 Å². The van der Waals surface area contributed by atoms with Gasteiger partial charge in [-0.25, -0.2) is 0 Å². The molecule has 0 aliphatic carbocycles. The maximum Gasteiger partial charge on any atom is 0.254 e. The van der Waals surface area contributed by atoms with Crippen molar-refractivity contribution >= 4 is 40.9 Å². The molecule has 3 amide bonds. The SMILES string of the molecule is COCCN(CC(=O)N1CC(=O)N(Cc2ccc(Cl)cc2)C1)C(=O)c1cccc(Cl)c1. The monoisotopic (exact) mass is 463 g/mol. The summed E-state index contributed by atoms with van der Waals surface area (Å²) in [5, 5.41) is 1.06. The summed E-state index contributed by atoms with van der Waals surface area (Å²) in [5.74, 6) is -0.775. The number of benzene rings is 2. The predicted molar refractivity (Wildman–Crippen MR) is 118 cm³/mol. The molecule has 1 heterocycles. The fraction of sp³-hybridized carbons (Fsp3) is 0.318. The second-order valence-electron chi connectivity index (χ2n) is 7.18. The average Bonchev–Trinajstić information content (AvgIpc) is 3.12. The van der Waals surface area contributed by atoms with E-state index in [4.69, 9.17) is 27.9 Å². The van der Waals surface area contributed by atoms with Gasteiger partial charge in [-0.15, -0.1) is 0 Å². The van der Waals surface area contributed by atoms with Crippen LogP contribution in [0.2, 0.25) is 10.0 Å². The lowest BCUT2D eigenvalue weighted by Crippen LogP contribution is -2.44. The Morgan fingerprint density at radius 1 is 1.10 bits per heavy atom. The second-order valence-corrected chi connectivity index (χ2v) is 8.05. The summed E-state index contributed by atoms with van der Waals surface area (Å²) in [5.41, 5.74) is 1.31. The Hall–Kier alpha value is -2.61. The summed E-state index contributed by atoms with van der Waals surface area (Å²) in [4.78, 5) is 42.6. The molecule has 0 bridgehead atoms. The molecule has 0 aromatic heterocycles. The molecule has 2 aromatic rings. The van der Waals surface area contributed by atoms with Crippen LogP contribution >= 0.6 is 23.2 Å². The summed E-state index contributed by atoms with van der Waals surface area (Å²) in [6.45, 7) is 0.899. The number of nitrogens with zero attached hydrogens (tertiary/aromatic N) is 3. The normalized spacial score (nSPS) is 13.6. The molecular formula is C22H23Cl2N3O4. The maximum atomic E-state index is 12.9. The standard InChI is InChI=1S/C22H23Cl2N3O4/c1-31-10-9-25(22(30)17-3-2-4-19(24)11-17)13-20(28)27-14-21(29)26(15-27)12-16-5-7-18(23)8-6-16/h2-8,11H,9-10,12-15H2,1H3. The lowest BCUT2D eigenvalue weighted by molar-refractivity contribution is -0.132. The molecule has 0 unspecified atom stereocenters. The second kappa shape index (κ2) is 10.6. The highest BCUT2D eigenvalue weighted by molar-refractivity contribution is 6.31. The first-order valence-corrected chi connectivity index (χ1v) is 10.5. The van der Waals surface area contributed by atoms with Crippen molar-refractivity contribution in [3.8, 4) is 0 Å². The lowest BCUT2D eigenvalue weighted by Gasteiger charge is -2.25. The molecule has 0 spiro atoms. The smallest absolute Gasteiger partial charge is 0.254 e. The van der Waals surface area contributed by atoms with Gasteiger partial charge in [0.25, 0.3) is 5.91 Å². The van der Waals surface area contributed by atoms with E-state index in [0.29, 0.717) is 22.2 Å². The molecule has 0 saturated carbocycles. The molecule has 31 heavy (non-hydrogen) atoms. The first-order chi connectivity index (χ1) is 14.9. The Kier molecular flexibility index (Phi) is 7.90. The van der Waals surface area contributed by atoms with Gasteiger partial charge in [-0.05, 0) is 35.9 Å². The van der Waals surface area contributed by atoms with Crippen molar-refractivity contribution in [3.05, 3.63) is 69.7 Å². The topological polar surface area (TPSA) is 70.2 Å². The molecule has 1 fully saturated rings. The fourth-order valence-electron chi connectivity index (χ4n) is 3.23. The van der Waals surface area contributed by atoms with Crippen LogP contribution in [0.25, 0.3) is 0 Å². The number of amides is 3. The first-order valence-electron chi connectivity index (χ1n) is 9.71. The molecule has 1 aliphatic heterocycles. The summed E-state index contributed by atoms with van der Waals surface area (Å²) >= 11 is 11.9. The van der Waals surface area contributed by atoms with Crippen molar-refractivity contribution < 1.29 is 19.1 Å². The summed E-state index contributed by atoms with van der Waals surface area (Å²) in [6.07, 6.45) is 0. The number of rotatable bonds is 8. The van der Waals surface area contributed by atoms with Crippen LogP contribution in [0.1, 0.15) is 15.9 Å². The number of methoxy groups -OCH3 is 1. The van der Waals surface area contributed by atoms with Gasteiger partial charge in [0.05, 0.1) is 13.3 Å². The van der Waals surface area contributed by atoms with Gasteiger partial charge in [0.2, 0.25) is 11.8 Å². The minimum absolute atomic E-state index is 0.0180. The number of hydrogen-bond donors (Lipinski definition) is 0. The summed E-state index contributed by atoms with van der Waals surface area (Å²) in [7, 11) is 1.53. The van der Waals surface area contributed by atoms with Crippen molar-refractivity contribution in [1.82, 2.24) is 14.7 Å². The van der Waals surface area contributed by atoms with Crippen molar-refractivity contribution in [2.45, 2.75) is 6.54 Å². The van der Waals surface area contributed by atoms with E-state index in [1.165, 1.54) is 16.9 Å². The average molecular weight is 464 g/mol. The third kappa shape index (κ3) is 6.19. The highest BCUT2D eigenvalue weighted by atomic mass is 35.5. The molecule has 164 valence electrons. The molecule has 1 saturated heterocycles. The Morgan fingerprint density at radius 3 is 2.52 bits per heavy atom. The van der Waals surface area contributed by atoms with Crippen LogP contribution in [0.3, 0.4) is 0 Å². The first kappa shape index (κ1) is 23.1. The number of halogens is 2. The van der Waals surface area contributed by atoms with Gasteiger partial charge in [-0.3, -0.25) is 14.4 Å². The van der Waals surface area contributed by atoms with Gasteiger partial charge in [-0.1, -0.05) is 41.4 Å². The van der Waals surface area contributed by atoms with Crippen molar-refractivity contribution in [2.24, 2.45) is 0 Å². The summed E-state index contributed by atoms with van der Waals surface area (Å²) < 4.78 is 5.08. The molecule has 2 aromatic carbocycles. The highest BCUT2D eigenvalue weighted by Crippen LogP contribution is 2.16. The van der Waals surface area contributed by atoms with Gasteiger partial charge in [0.1, 0.15) is 13.1 Å². The molecule has 1 aliphatic rings. The van der Waals surface area contributed by atoms with E-state index in [-0.39, 0.29) is 50.6 Å². The van der Waals surface area contributed by atoms with E-state index >= 15 is 0 Å². The van der Waals surface area contributed by atoms with Gasteiger partial charge in [0.15, 0.2) is 0 Å². The van der Waals surface area contributed by atoms with E-state index in [0.717, 1.165) is 5.56 Å². The molecule has 3 rings (SSSR count). The number of carbonyl (C=O) groups excluding carboxylic acids is 3. The zero-order chi connectivity index (χ0) is 22.4. The minimum Gasteiger partial charge on any atom is -0.383 e. The van der Waals surface area contributed by atoms with Gasteiger partial charge >= 0.3 is 0 Å². The largest absolute Gasteiger partial charge is 0.383 e. The summed E-state index contributed by atoms with van der Waals surface area (Å²) in [6, 6.07) is 13.8. The molecule has 0 atom stereocenters. The molecule has 9 heteroatoms. The van der Waals surface area contributed by atoms with Gasteiger partial charge in [-0.2, -0.15) is 0 Å². The lowest BCUT2D eigenvalue weighted by atomic mass is 10.2. The third-order valence-corrected chi connectivity index (χ3v) is 5.40. The Balaban J connectivity index is 1.65. The maximum absolute atomic E-state index is 12.9. The van der Waals surface area contributed by atoms with Crippen LogP contribution in [0, 0.1) is 0 Å². The van der Waals surface area contributed by atoms with Gasteiger partial charge < -0.3 is 19.4 Å². The Morgan fingerprint density at radius 2 is 1.84 bits per heavy atom. The number of hydrogen-bond acceptors (Lipinski definition) is 4. The number of carbonyl (C=O) groups is 3. The zero-order valence-corrected chi connectivity index (χ0v) is 18.6. The van der Waals surface area contributed by atoms with E-state index in [2.05, 4.69) is 0 Å². The third-order valence-electron chi connectivity index (χ3n) is 4.91. The van der Waals surface area contributed by atoms with Crippen LogP contribution in [0.5, 0.6) is 0 Å². The van der Waals surface area contributed by atoms with E-state index in [1.54, 1.807) is 41.3 Å². The van der Waals surface area contributed by atoms with Crippen LogP contribution in [0.4, 0.5) is 0 Å². The van der Waals surface area contributed by atoms with Crippen molar-refractivity contribution in [3.63, 3.8) is 0 Å². The van der Waals surface area contributed by atoms with E-state index in [1.807, 2.05) is 12.1 Å². The van der Waals surface area contributed by atoms with E-state index < -0.39 is 0 Å². The Bertz CT molecular complexity index is 952. The Labute approximate surface area is 191 Å². The van der Waals surface area contributed by atoms with Crippen LogP contribution in [-0.2, 0) is 20.9 Å². The molecule has 0 N–H and O–H groups in total. The van der Waals surface area contributed by atoms with E-state index in [9.17, 15) is 14.4 Å². The molecule has 7 nitrogen and oxygen atoms in total. The fourth-order valence-corrected chi connectivity index (χ4v) is 3.55. The minimum atomic E-state index is -0.323. The van der Waals surface area contributed by atoms with Crippen molar-refractivity contribution in [2.75, 3.05) is 40.0 Å². The highest BCUT2D eigenvalue weighted by Gasteiger charge is 2.32. The molecule has 0 radical (unpaired) electrons. The van der Waals surface area contributed by atoms with Crippen LogP contribution in [0.15, 0.2) is 48.5 Å².